The summed E-state index contributed by atoms with van der Waals surface area (Å²) in [6.45, 7) is 11.3. The Morgan fingerprint density at radius 3 is 2.49 bits per heavy atom. The highest BCUT2D eigenvalue weighted by Gasteiger charge is 2.30. The Labute approximate surface area is 281 Å². The van der Waals surface area contributed by atoms with Gasteiger partial charge in [-0.1, -0.05) is 52.3 Å². The molecule has 10 heteroatoms. The molecule has 3 N–H and O–H groups in total. The number of piperidine rings is 1. The van der Waals surface area contributed by atoms with Gasteiger partial charge in [-0.15, -0.1) is 0 Å². The molecule has 10 nitrogen and oxygen atoms in total. The molecule has 262 valence electrons. The van der Waals surface area contributed by atoms with Crippen LogP contribution in [0.3, 0.4) is 0 Å². The molecule has 0 bridgehead atoms. The van der Waals surface area contributed by atoms with E-state index >= 15 is 0 Å². The fourth-order valence-corrected chi connectivity index (χ4v) is 5.51. The van der Waals surface area contributed by atoms with E-state index < -0.39 is 12.1 Å². The number of aryl methyl sites for hydroxylation is 1. The Kier molecular flexibility index (Phi) is 15.8. The summed E-state index contributed by atoms with van der Waals surface area (Å²) in [4.78, 5) is 28.3. The number of rotatable bonds is 19. The largest absolute Gasteiger partial charge is 0.493 e. The van der Waals surface area contributed by atoms with Gasteiger partial charge in [0.25, 0.3) is 0 Å². The molecule has 3 atom stereocenters. The first-order valence-electron chi connectivity index (χ1n) is 17.1. The molecule has 2 aromatic rings. The second-order valence-corrected chi connectivity index (χ2v) is 13.1. The summed E-state index contributed by atoms with van der Waals surface area (Å²) >= 11 is 0. The number of likely N-dealkylation sites (tertiary alicyclic amines) is 1. The van der Waals surface area contributed by atoms with Crippen LogP contribution in [0, 0.1) is 5.41 Å². The third kappa shape index (κ3) is 12.3. The number of anilines is 1. The maximum absolute atomic E-state index is 13.8. The Morgan fingerprint density at radius 1 is 1.00 bits per heavy atom. The van der Waals surface area contributed by atoms with E-state index in [-0.39, 0.29) is 23.5 Å². The third-order valence-electron chi connectivity index (χ3n) is 8.84. The number of hydrogen-bond acceptors (Lipinski definition) is 8. The number of nitrogens with two attached hydrogens (primary N) is 1. The average molecular weight is 656 g/mol. The average Bonchev–Trinajstić information content (AvgIpc) is 3.08. The van der Waals surface area contributed by atoms with Gasteiger partial charge in [0, 0.05) is 12.2 Å². The lowest BCUT2D eigenvalue weighted by Gasteiger charge is -2.36. The predicted octanol–water partition coefficient (Wildman–Crippen LogP) is 6.90. The zero-order chi connectivity index (χ0) is 34.2. The van der Waals surface area contributed by atoms with Crippen LogP contribution in [0.1, 0.15) is 89.9 Å². The lowest BCUT2D eigenvalue weighted by atomic mass is 9.92. The first-order valence-corrected chi connectivity index (χ1v) is 17.1. The number of carbonyl (C=O) groups is 2. The minimum Gasteiger partial charge on any atom is -0.493 e. The first-order chi connectivity index (χ1) is 22.6. The molecule has 0 saturated carbocycles. The van der Waals surface area contributed by atoms with Crippen LogP contribution in [-0.2, 0) is 25.4 Å². The highest BCUT2D eigenvalue weighted by Crippen LogP contribution is 2.32. The molecule has 0 aliphatic carbocycles. The summed E-state index contributed by atoms with van der Waals surface area (Å²) in [5, 5.41) is 2.92. The number of carbonyl (C=O) groups excluding carboxylic acids is 2. The van der Waals surface area contributed by atoms with E-state index in [0.29, 0.717) is 69.4 Å². The van der Waals surface area contributed by atoms with Crippen molar-refractivity contribution in [1.29, 1.82) is 0 Å². The third-order valence-corrected chi connectivity index (χ3v) is 8.84. The van der Waals surface area contributed by atoms with Gasteiger partial charge in [-0.05, 0) is 85.8 Å². The van der Waals surface area contributed by atoms with E-state index in [9.17, 15) is 9.59 Å². The van der Waals surface area contributed by atoms with Crippen LogP contribution in [0.25, 0.3) is 0 Å². The van der Waals surface area contributed by atoms with Gasteiger partial charge in [-0.2, -0.15) is 0 Å². The van der Waals surface area contributed by atoms with Gasteiger partial charge in [-0.3, -0.25) is 4.79 Å². The van der Waals surface area contributed by atoms with Crippen LogP contribution in [0.2, 0.25) is 0 Å². The Morgan fingerprint density at radius 2 is 1.77 bits per heavy atom. The van der Waals surface area contributed by atoms with E-state index in [1.807, 2.05) is 54.3 Å². The van der Waals surface area contributed by atoms with Gasteiger partial charge in [0.15, 0.2) is 11.5 Å². The van der Waals surface area contributed by atoms with Crippen LogP contribution >= 0.6 is 0 Å². The molecule has 2 aromatic carbocycles. The minimum absolute atomic E-state index is 0.0690. The van der Waals surface area contributed by atoms with Crippen molar-refractivity contribution in [3.63, 3.8) is 0 Å². The molecule has 1 aliphatic rings. The Hall–Kier alpha value is -3.34. The van der Waals surface area contributed by atoms with Crippen molar-refractivity contribution in [3.05, 3.63) is 53.6 Å². The van der Waals surface area contributed by atoms with Crippen molar-refractivity contribution in [2.75, 3.05) is 52.5 Å². The topological polar surface area (TPSA) is 122 Å². The van der Waals surface area contributed by atoms with Crippen molar-refractivity contribution >= 4 is 17.7 Å². The molecule has 3 unspecified atom stereocenters. The van der Waals surface area contributed by atoms with Crippen LogP contribution in [0.15, 0.2) is 42.5 Å². The molecule has 1 heterocycles. The summed E-state index contributed by atoms with van der Waals surface area (Å²) in [6, 6.07) is 12.6. The monoisotopic (exact) mass is 655 g/mol. The highest BCUT2D eigenvalue weighted by atomic mass is 16.6. The number of methoxy groups -OCH3 is 2. The Balaban J connectivity index is 1.72. The molecule has 1 aliphatic heterocycles. The molecule has 1 fully saturated rings. The molecule has 3 rings (SSSR count). The molecule has 0 spiro atoms. The molecule has 47 heavy (non-hydrogen) atoms. The van der Waals surface area contributed by atoms with E-state index in [0.717, 1.165) is 43.2 Å². The second kappa shape index (κ2) is 19.5. The van der Waals surface area contributed by atoms with Gasteiger partial charge in [0.2, 0.25) is 5.91 Å². The van der Waals surface area contributed by atoms with Gasteiger partial charge in [-0.25, -0.2) is 4.79 Å². The summed E-state index contributed by atoms with van der Waals surface area (Å²) in [6.07, 6.45) is 5.49. The van der Waals surface area contributed by atoms with Crippen LogP contribution < -0.4 is 20.5 Å². The number of benzene rings is 2. The molecule has 1 saturated heterocycles. The number of nitrogens with one attached hydrogen (secondary N) is 1. The molecular weight excluding hydrogens is 598 g/mol. The van der Waals surface area contributed by atoms with E-state index in [4.69, 9.17) is 29.4 Å². The minimum atomic E-state index is -0.588. The van der Waals surface area contributed by atoms with Crippen molar-refractivity contribution in [3.8, 4) is 11.5 Å². The van der Waals surface area contributed by atoms with Crippen molar-refractivity contribution in [2.45, 2.75) is 97.2 Å². The first kappa shape index (κ1) is 38.1. The number of nitrogens with zero attached hydrogens (tertiary/aromatic N) is 1. The molecular formula is C37H57N3O7. The predicted molar refractivity (Wildman–Crippen MR) is 185 cm³/mol. The Bertz CT molecular complexity index is 1250. The maximum Gasteiger partial charge on any atom is 0.410 e. The molecule has 2 amide bonds. The SMILES string of the molecule is CCCC(N)C(=O)Nc1cccc(C(CCc2ccc(OC)c(OC)c2)OC(=O)N2CCCCC2COCCOCC(C)(C)CC)c1. The van der Waals surface area contributed by atoms with Crippen LogP contribution in [-0.4, -0.2) is 76.2 Å². The lowest BCUT2D eigenvalue weighted by molar-refractivity contribution is -0.117. The smallest absolute Gasteiger partial charge is 0.410 e. The fraction of sp³-hybridized carbons (Fsp3) is 0.622. The summed E-state index contributed by atoms with van der Waals surface area (Å²) in [5.41, 5.74) is 8.62. The van der Waals surface area contributed by atoms with Gasteiger partial charge in [0.1, 0.15) is 6.10 Å². The van der Waals surface area contributed by atoms with Gasteiger partial charge >= 0.3 is 6.09 Å². The normalized spacial score (nSPS) is 16.3. The second-order valence-electron chi connectivity index (χ2n) is 13.1. The standard InChI is InChI=1S/C37H57N3O7/c1-7-12-31(38)35(41)39-29-14-11-13-28(24-29)32(18-16-27-17-19-33(43-5)34(23-27)44-6)47-36(42)40-20-10-9-15-30(40)25-45-21-22-46-26-37(3,4)8-2/h11,13-14,17,19,23-24,30-32H,7-10,12,15-16,18,20-22,25-26,38H2,1-6H3,(H,39,41). The van der Waals surface area contributed by atoms with Crippen molar-refractivity contribution in [1.82, 2.24) is 4.90 Å². The fourth-order valence-electron chi connectivity index (χ4n) is 5.51. The summed E-state index contributed by atoms with van der Waals surface area (Å²) in [7, 11) is 3.21. The molecule has 0 aromatic heterocycles. The zero-order valence-corrected chi connectivity index (χ0v) is 29.3. The quantitative estimate of drug-likeness (QED) is 0.157. The maximum atomic E-state index is 13.8. The highest BCUT2D eigenvalue weighted by molar-refractivity contribution is 5.94. The zero-order valence-electron chi connectivity index (χ0n) is 29.3. The number of hydrogen-bond donors (Lipinski definition) is 2. The van der Waals surface area contributed by atoms with Crippen molar-refractivity contribution in [2.24, 2.45) is 11.1 Å². The summed E-state index contributed by atoms with van der Waals surface area (Å²) < 4.78 is 29.0. The van der Waals surface area contributed by atoms with E-state index in [1.54, 1.807) is 14.2 Å². The van der Waals surface area contributed by atoms with Gasteiger partial charge < -0.3 is 39.6 Å². The summed E-state index contributed by atoms with van der Waals surface area (Å²) in [5.74, 6) is 1.06. The number of ether oxygens (including phenoxy) is 5. The van der Waals surface area contributed by atoms with Gasteiger partial charge in [0.05, 0.1) is 52.7 Å². The lowest BCUT2D eigenvalue weighted by Crippen LogP contribution is -2.46. The van der Waals surface area contributed by atoms with Crippen LogP contribution in [0.4, 0.5) is 10.5 Å². The van der Waals surface area contributed by atoms with Crippen molar-refractivity contribution < 1.29 is 33.3 Å². The van der Waals surface area contributed by atoms with Crippen LogP contribution in [0.5, 0.6) is 11.5 Å². The molecule has 0 radical (unpaired) electrons. The van der Waals surface area contributed by atoms with E-state index in [1.165, 1.54) is 0 Å². The van der Waals surface area contributed by atoms with E-state index in [2.05, 4.69) is 26.1 Å². The number of amides is 2.